The van der Waals surface area contributed by atoms with Crippen LogP contribution in [0.15, 0.2) is 18.2 Å². The number of benzene rings is 1. The number of carbonyl (C=O) groups is 1. The van der Waals surface area contributed by atoms with Gasteiger partial charge in [-0.3, -0.25) is 4.79 Å². The summed E-state index contributed by atoms with van der Waals surface area (Å²) in [5, 5.41) is -0.300. The standard InChI is InChI=1S/C15H21NO3S/c1-11-4-5-14(12(2)10-11)15(17)16-8-6-13(7-9-16)20(3,18)19/h4-5,10,13H,6-9H2,1-3H3. The van der Waals surface area contributed by atoms with Crippen molar-refractivity contribution in [1.82, 2.24) is 4.90 Å². The Morgan fingerprint density at radius 3 is 2.30 bits per heavy atom. The van der Waals surface area contributed by atoms with Crippen LogP contribution in [0.2, 0.25) is 0 Å². The van der Waals surface area contributed by atoms with E-state index in [9.17, 15) is 13.2 Å². The highest BCUT2D eigenvalue weighted by Gasteiger charge is 2.29. The van der Waals surface area contributed by atoms with E-state index in [1.165, 1.54) is 6.26 Å². The van der Waals surface area contributed by atoms with Crippen LogP contribution >= 0.6 is 0 Å². The molecule has 110 valence electrons. The van der Waals surface area contributed by atoms with Gasteiger partial charge in [0.15, 0.2) is 0 Å². The van der Waals surface area contributed by atoms with Gasteiger partial charge in [0.25, 0.3) is 5.91 Å². The van der Waals surface area contributed by atoms with Gasteiger partial charge in [-0.25, -0.2) is 8.42 Å². The van der Waals surface area contributed by atoms with Gasteiger partial charge in [-0.1, -0.05) is 17.7 Å². The fourth-order valence-electron chi connectivity index (χ4n) is 2.71. The second kappa shape index (κ2) is 5.56. The lowest BCUT2D eigenvalue weighted by atomic mass is 10.0. The molecule has 0 spiro atoms. The molecule has 1 aliphatic rings. The summed E-state index contributed by atoms with van der Waals surface area (Å²) in [5.74, 6) is 0.00875. The third-order valence-electron chi connectivity index (χ3n) is 3.95. The summed E-state index contributed by atoms with van der Waals surface area (Å²) in [4.78, 5) is 14.2. The molecule has 1 aromatic rings. The molecule has 20 heavy (non-hydrogen) atoms. The molecule has 0 saturated carbocycles. The van der Waals surface area contributed by atoms with Crippen LogP contribution in [0.1, 0.15) is 34.3 Å². The number of hydrogen-bond donors (Lipinski definition) is 0. The number of rotatable bonds is 2. The average Bonchev–Trinajstić information content (AvgIpc) is 2.37. The maximum absolute atomic E-state index is 12.5. The minimum absolute atomic E-state index is 0.00875. The zero-order valence-electron chi connectivity index (χ0n) is 12.2. The molecule has 0 aliphatic carbocycles. The second-order valence-electron chi connectivity index (χ2n) is 5.64. The smallest absolute Gasteiger partial charge is 0.254 e. The highest BCUT2D eigenvalue weighted by molar-refractivity contribution is 7.91. The Hall–Kier alpha value is -1.36. The van der Waals surface area contributed by atoms with Crippen molar-refractivity contribution in [1.29, 1.82) is 0 Å². The maximum Gasteiger partial charge on any atom is 0.254 e. The van der Waals surface area contributed by atoms with Gasteiger partial charge in [-0.2, -0.15) is 0 Å². The molecule has 1 heterocycles. The van der Waals surface area contributed by atoms with Gasteiger partial charge >= 0.3 is 0 Å². The molecular weight excluding hydrogens is 274 g/mol. The first-order chi connectivity index (χ1) is 9.29. The number of sulfone groups is 1. The highest BCUT2D eigenvalue weighted by Crippen LogP contribution is 2.20. The van der Waals surface area contributed by atoms with Gasteiger partial charge in [0, 0.05) is 24.9 Å². The Balaban J connectivity index is 2.09. The predicted octanol–water partition coefficient (Wildman–Crippen LogP) is 1.95. The van der Waals surface area contributed by atoms with Gasteiger partial charge in [0.2, 0.25) is 0 Å². The summed E-state index contributed by atoms with van der Waals surface area (Å²) in [5.41, 5.74) is 2.82. The van der Waals surface area contributed by atoms with E-state index in [-0.39, 0.29) is 11.2 Å². The van der Waals surface area contributed by atoms with Crippen LogP contribution in [0, 0.1) is 13.8 Å². The molecule has 0 unspecified atom stereocenters. The summed E-state index contributed by atoms with van der Waals surface area (Å²) < 4.78 is 23.0. The summed E-state index contributed by atoms with van der Waals surface area (Å²) in [6.07, 6.45) is 2.35. The number of piperidine rings is 1. The highest BCUT2D eigenvalue weighted by atomic mass is 32.2. The SMILES string of the molecule is Cc1ccc(C(=O)N2CCC(S(C)(=O)=O)CC2)c(C)c1. The topological polar surface area (TPSA) is 54.5 Å². The summed E-state index contributed by atoms with van der Waals surface area (Å²) in [6.45, 7) is 4.97. The predicted molar refractivity (Wildman–Crippen MR) is 79.7 cm³/mol. The fraction of sp³-hybridized carbons (Fsp3) is 0.533. The quantitative estimate of drug-likeness (QED) is 0.838. The first-order valence-electron chi connectivity index (χ1n) is 6.84. The van der Waals surface area contributed by atoms with E-state index in [0.29, 0.717) is 31.5 Å². The van der Waals surface area contributed by atoms with Crippen LogP contribution in [0.5, 0.6) is 0 Å². The summed E-state index contributed by atoms with van der Waals surface area (Å²) in [7, 11) is -2.99. The lowest BCUT2D eigenvalue weighted by Crippen LogP contribution is -2.42. The third-order valence-corrected chi connectivity index (χ3v) is 5.63. The Morgan fingerprint density at radius 2 is 1.80 bits per heavy atom. The monoisotopic (exact) mass is 295 g/mol. The molecule has 0 N–H and O–H groups in total. The zero-order valence-corrected chi connectivity index (χ0v) is 13.0. The van der Waals surface area contributed by atoms with Gasteiger partial charge < -0.3 is 4.90 Å². The van der Waals surface area contributed by atoms with Crippen LogP contribution in [0.4, 0.5) is 0 Å². The van der Waals surface area contributed by atoms with Crippen molar-refractivity contribution < 1.29 is 13.2 Å². The Kier molecular flexibility index (Phi) is 4.18. The van der Waals surface area contributed by atoms with Crippen molar-refractivity contribution in [2.45, 2.75) is 31.9 Å². The molecule has 1 aromatic carbocycles. The van der Waals surface area contributed by atoms with Gasteiger partial charge in [0.05, 0.1) is 5.25 Å². The molecule has 1 saturated heterocycles. The first kappa shape index (κ1) is 15.0. The Morgan fingerprint density at radius 1 is 1.20 bits per heavy atom. The van der Waals surface area contributed by atoms with Crippen molar-refractivity contribution in [3.8, 4) is 0 Å². The molecule has 0 atom stereocenters. The molecule has 4 nitrogen and oxygen atoms in total. The largest absolute Gasteiger partial charge is 0.339 e. The van der Waals surface area contributed by atoms with E-state index >= 15 is 0 Å². The van der Waals surface area contributed by atoms with Gasteiger partial charge in [-0.05, 0) is 38.3 Å². The van der Waals surface area contributed by atoms with E-state index in [2.05, 4.69) is 0 Å². The lowest BCUT2D eigenvalue weighted by molar-refractivity contribution is 0.0725. The van der Waals surface area contributed by atoms with E-state index in [1.54, 1.807) is 4.90 Å². The van der Waals surface area contributed by atoms with Crippen LogP contribution in [-0.4, -0.2) is 43.8 Å². The number of carbonyl (C=O) groups excluding carboxylic acids is 1. The fourth-order valence-corrected chi connectivity index (χ4v) is 3.78. The molecule has 0 bridgehead atoms. The maximum atomic E-state index is 12.5. The molecular formula is C15H21NO3S. The molecule has 0 aromatic heterocycles. The summed E-state index contributed by atoms with van der Waals surface area (Å²) >= 11 is 0. The van der Waals surface area contributed by atoms with Gasteiger partial charge in [-0.15, -0.1) is 0 Å². The minimum atomic E-state index is -2.99. The van der Waals surface area contributed by atoms with E-state index in [4.69, 9.17) is 0 Å². The number of amides is 1. The average molecular weight is 295 g/mol. The lowest BCUT2D eigenvalue weighted by Gasteiger charge is -2.31. The zero-order chi connectivity index (χ0) is 14.9. The molecule has 5 heteroatoms. The van der Waals surface area contributed by atoms with E-state index < -0.39 is 9.84 Å². The van der Waals surface area contributed by atoms with E-state index in [0.717, 1.165) is 11.1 Å². The van der Waals surface area contributed by atoms with Crippen LogP contribution in [0.3, 0.4) is 0 Å². The first-order valence-corrected chi connectivity index (χ1v) is 8.80. The second-order valence-corrected chi connectivity index (χ2v) is 7.97. The third kappa shape index (κ3) is 3.20. The van der Waals surface area contributed by atoms with Crippen molar-refractivity contribution in [3.05, 3.63) is 34.9 Å². The summed E-state index contributed by atoms with van der Waals surface area (Å²) in [6, 6.07) is 5.79. The minimum Gasteiger partial charge on any atom is -0.339 e. The van der Waals surface area contributed by atoms with Crippen molar-refractivity contribution in [2.24, 2.45) is 0 Å². The molecule has 1 amide bonds. The Labute approximate surface area is 120 Å². The molecule has 1 fully saturated rings. The van der Waals surface area contributed by atoms with Crippen molar-refractivity contribution in [2.75, 3.05) is 19.3 Å². The van der Waals surface area contributed by atoms with E-state index in [1.807, 2.05) is 32.0 Å². The van der Waals surface area contributed by atoms with Crippen LogP contribution in [-0.2, 0) is 9.84 Å². The van der Waals surface area contributed by atoms with Crippen LogP contribution in [0.25, 0.3) is 0 Å². The van der Waals surface area contributed by atoms with Crippen molar-refractivity contribution in [3.63, 3.8) is 0 Å². The Bertz CT molecular complexity index is 614. The molecule has 2 rings (SSSR count). The number of likely N-dealkylation sites (tertiary alicyclic amines) is 1. The number of aryl methyl sites for hydroxylation is 2. The molecule has 0 radical (unpaired) electrons. The van der Waals surface area contributed by atoms with Gasteiger partial charge in [0.1, 0.15) is 9.84 Å². The van der Waals surface area contributed by atoms with Crippen molar-refractivity contribution >= 4 is 15.7 Å². The number of nitrogens with zero attached hydrogens (tertiary/aromatic N) is 1. The van der Waals surface area contributed by atoms with Crippen LogP contribution < -0.4 is 0 Å². The molecule has 1 aliphatic heterocycles. The number of hydrogen-bond acceptors (Lipinski definition) is 3. The normalized spacial score (nSPS) is 17.2.